The van der Waals surface area contributed by atoms with Crippen molar-refractivity contribution in [3.63, 3.8) is 0 Å². The van der Waals surface area contributed by atoms with Gasteiger partial charge in [-0.25, -0.2) is 15.0 Å². The van der Waals surface area contributed by atoms with Crippen molar-refractivity contribution in [1.82, 2.24) is 19.5 Å². The monoisotopic (exact) mass is 353 g/mol. The van der Waals surface area contributed by atoms with Gasteiger partial charge in [-0.2, -0.15) is 0 Å². The van der Waals surface area contributed by atoms with Crippen LogP contribution in [0.5, 0.6) is 0 Å². The highest BCUT2D eigenvalue weighted by Crippen LogP contribution is 2.49. The van der Waals surface area contributed by atoms with Crippen LogP contribution >= 0.6 is 11.6 Å². The number of fused-ring (bicyclic) bond motifs is 1. The zero-order chi connectivity index (χ0) is 16.9. The number of nitrogens with zero attached hydrogens (tertiary/aromatic N) is 4. The molecule has 8 nitrogen and oxygen atoms in total. The maximum Gasteiger partial charge on any atom is 0.179 e. The zero-order valence-electron chi connectivity index (χ0n) is 13.0. The van der Waals surface area contributed by atoms with Crippen molar-refractivity contribution in [3.8, 4) is 0 Å². The molecule has 4 atom stereocenters. The largest absolute Gasteiger partial charge is 0.387 e. The summed E-state index contributed by atoms with van der Waals surface area (Å²) >= 11 is 5.94. The number of imidazole rings is 1. The van der Waals surface area contributed by atoms with Crippen molar-refractivity contribution < 1.29 is 14.9 Å². The SMILES string of the molecule is Nc1ncnc2c1ncn2[C@]1(C2CCCC2)O[C@H](CCl)[C@@H](O)[C@H]1O. The molecule has 2 aliphatic rings. The van der Waals surface area contributed by atoms with E-state index in [4.69, 9.17) is 22.1 Å². The van der Waals surface area contributed by atoms with E-state index >= 15 is 0 Å². The van der Waals surface area contributed by atoms with E-state index in [9.17, 15) is 10.2 Å². The number of hydrogen-bond acceptors (Lipinski definition) is 7. The van der Waals surface area contributed by atoms with Crippen LogP contribution in [0.2, 0.25) is 0 Å². The number of nitrogens with two attached hydrogens (primary N) is 1. The van der Waals surface area contributed by atoms with Crippen molar-refractivity contribution >= 4 is 28.6 Å². The Kier molecular flexibility index (Phi) is 3.87. The lowest BCUT2D eigenvalue weighted by molar-refractivity contribution is -0.172. The predicted molar refractivity (Wildman–Crippen MR) is 87.3 cm³/mol. The van der Waals surface area contributed by atoms with Crippen LogP contribution in [0.15, 0.2) is 12.7 Å². The summed E-state index contributed by atoms with van der Waals surface area (Å²) in [5, 5.41) is 21.3. The van der Waals surface area contributed by atoms with Crippen LogP contribution in [0.3, 0.4) is 0 Å². The third kappa shape index (κ3) is 2.07. The second-order valence-corrected chi connectivity index (χ2v) is 6.83. The quantitative estimate of drug-likeness (QED) is 0.691. The van der Waals surface area contributed by atoms with E-state index in [1.165, 1.54) is 6.33 Å². The van der Waals surface area contributed by atoms with Crippen molar-refractivity contribution in [2.45, 2.75) is 49.7 Å². The van der Waals surface area contributed by atoms with Gasteiger partial charge in [0.05, 0.1) is 12.2 Å². The van der Waals surface area contributed by atoms with Crippen LogP contribution in [0, 0.1) is 5.92 Å². The van der Waals surface area contributed by atoms with Gasteiger partial charge in [0.1, 0.15) is 30.2 Å². The van der Waals surface area contributed by atoms with Crippen molar-refractivity contribution in [2.75, 3.05) is 11.6 Å². The second-order valence-electron chi connectivity index (χ2n) is 6.52. The van der Waals surface area contributed by atoms with Gasteiger partial charge in [-0.05, 0) is 12.8 Å². The third-order valence-electron chi connectivity index (χ3n) is 5.30. The van der Waals surface area contributed by atoms with Gasteiger partial charge in [-0.1, -0.05) is 12.8 Å². The van der Waals surface area contributed by atoms with Crippen LogP contribution in [0.4, 0.5) is 5.82 Å². The molecule has 0 unspecified atom stereocenters. The highest BCUT2D eigenvalue weighted by molar-refractivity contribution is 6.18. The molecule has 4 rings (SSSR count). The number of aliphatic hydroxyl groups excluding tert-OH is 2. The van der Waals surface area contributed by atoms with E-state index in [1.54, 1.807) is 10.9 Å². The summed E-state index contributed by atoms with van der Waals surface area (Å²) in [6.45, 7) is 0. The minimum Gasteiger partial charge on any atom is -0.387 e. The summed E-state index contributed by atoms with van der Waals surface area (Å²) in [6.07, 6.45) is 3.94. The van der Waals surface area contributed by atoms with Gasteiger partial charge in [0, 0.05) is 5.92 Å². The van der Waals surface area contributed by atoms with Gasteiger partial charge >= 0.3 is 0 Å². The first-order valence-electron chi connectivity index (χ1n) is 8.13. The molecule has 4 N–H and O–H groups in total. The van der Waals surface area contributed by atoms with Gasteiger partial charge in [0.2, 0.25) is 0 Å². The topological polar surface area (TPSA) is 119 Å². The summed E-state index contributed by atoms with van der Waals surface area (Å²) < 4.78 is 7.89. The van der Waals surface area contributed by atoms with Crippen LogP contribution < -0.4 is 5.73 Å². The Morgan fingerprint density at radius 1 is 1.29 bits per heavy atom. The average Bonchev–Trinajstić information content (AvgIpc) is 3.29. The summed E-state index contributed by atoms with van der Waals surface area (Å²) in [5.41, 5.74) is 5.67. The molecule has 2 aromatic heterocycles. The maximum atomic E-state index is 10.9. The van der Waals surface area contributed by atoms with Gasteiger partial charge in [0.25, 0.3) is 0 Å². The van der Waals surface area contributed by atoms with Crippen LogP contribution in [0.1, 0.15) is 25.7 Å². The molecule has 0 aromatic carbocycles. The Morgan fingerprint density at radius 2 is 2.04 bits per heavy atom. The molecule has 1 aliphatic carbocycles. The number of ether oxygens (including phenoxy) is 1. The molecule has 1 saturated heterocycles. The molecular weight excluding hydrogens is 334 g/mol. The van der Waals surface area contributed by atoms with Gasteiger partial charge in [-0.15, -0.1) is 11.6 Å². The predicted octanol–water partition coefficient (Wildman–Crippen LogP) is 0.611. The minimum absolute atomic E-state index is 0.0314. The van der Waals surface area contributed by atoms with Crippen molar-refractivity contribution in [3.05, 3.63) is 12.7 Å². The van der Waals surface area contributed by atoms with E-state index < -0.39 is 24.0 Å². The molecule has 1 aliphatic heterocycles. The van der Waals surface area contributed by atoms with E-state index in [0.717, 1.165) is 25.7 Å². The van der Waals surface area contributed by atoms with Gasteiger partial charge in [-0.3, -0.25) is 4.57 Å². The van der Waals surface area contributed by atoms with E-state index in [0.29, 0.717) is 11.2 Å². The standard InChI is InChI=1S/C15H20ClN5O3/c16-5-9-11(22)12(23)15(24-9,8-3-1-2-4-8)21-7-20-10-13(17)18-6-19-14(10)21/h6-9,11-12,22-23H,1-5H2,(H2,17,18,19)/t9-,11-,12-,15-/m1/s1. The zero-order valence-corrected chi connectivity index (χ0v) is 13.8. The summed E-state index contributed by atoms with van der Waals surface area (Å²) in [4.78, 5) is 12.5. The number of nitrogen functional groups attached to an aromatic ring is 1. The molecule has 130 valence electrons. The summed E-state index contributed by atoms with van der Waals surface area (Å²) in [5.74, 6) is 0.391. The number of aromatic nitrogens is 4. The first-order valence-corrected chi connectivity index (χ1v) is 8.67. The molecule has 1 saturated carbocycles. The van der Waals surface area contributed by atoms with Crippen LogP contribution in [0.25, 0.3) is 11.2 Å². The molecule has 0 radical (unpaired) electrons. The average molecular weight is 354 g/mol. The number of hydrogen-bond donors (Lipinski definition) is 3. The Morgan fingerprint density at radius 3 is 2.71 bits per heavy atom. The normalized spacial score (nSPS) is 34.4. The number of rotatable bonds is 3. The van der Waals surface area contributed by atoms with E-state index in [2.05, 4.69) is 15.0 Å². The Balaban J connectivity index is 1.91. The number of anilines is 1. The molecular formula is C15H20ClN5O3. The third-order valence-corrected chi connectivity index (χ3v) is 5.60. The fourth-order valence-electron chi connectivity index (χ4n) is 4.13. The minimum atomic E-state index is -1.15. The van der Waals surface area contributed by atoms with Crippen molar-refractivity contribution in [2.24, 2.45) is 5.92 Å². The summed E-state index contributed by atoms with van der Waals surface area (Å²) in [6, 6.07) is 0. The van der Waals surface area contributed by atoms with E-state index in [1.807, 2.05) is 0 Å². The van der Waals surface area contributed by atoms with Crippen LogP contribution in [-0.4, -0.2) is 53.9 Å². The molecule has 0 spiro atoms. The van der Waals surface area contributed by atoms with Gasteiger partial charge < -0.3 is 20.7 Å². The fourth-order valence-corrected chi connectivity index (χ4v) is 4.38. The van der Waals surface area contributed by atoms with Crippen molar-refractivity contribution in [1.29, 1.82) is 0 Å². The van der Waals surface area contributed by atoms with Crippen LogP contribution in [-0.2, 0) is 10.5 Å². The summed E-state index contributed by atoms with van der Waals surface area (Å²) in [7, 11) is 0. The second kappa shape index (κ2) is 5.80. The number of alkyl halides is 1. The first-order chi connectivity index (χ1) is 11.6. The molecule has 0 amide bonds. The fraction of sp³-hybridized carbons (Fsp3) is 0.667. The lowest BCUT2D eigenvalue weighted by Crippen LogP contribution is -2.50. The van der Waals surface area contributed by atoms with Gasteiger partial charge in [0.15, 0.2) is 17.2 Å². The lowest BCUT2D eigenvalue weighted by atomic mass is 9.87. The molecule has 2 fully saturated rings. The molecule has 3 heterocycles. The lowest BCUT2D eigenvalue weighted by Gasteiger charge is -2.39. The smallest absolute Gasteiger partial charge is 0.179 e. The molecule has 0 bridgehead atoms. The maximum absolute atomic E-state index is 10.9. The molecule has 2 aromatic rings. The number of halogens is 1. The first kappa shape index (κ1) is 16.0. The Labute approximate surface area is 143 Å². The highest BCUT2D eigenvalue weighted by Gasteiger charge is 2.60. The molecule has 24 heavy (non-hydrogen) atoms. The Hall–Kier alpha value is -1.48. The number of aliphatic hydroxyl groups is 2. The van der Waals surface area contributed by atoms with E-state index in [-0.39, 0.29) is 17.6 Å². The Bertz CT molecular complexity index is 750. The highest BCUT2D eigenvalue weighted by atomic mass is 35.5. The molecule has 9 heteroatoms.